The molecule has 1 heterocycles. The van der Waals surface area contributed by atoms with Crippen LogP contribution in [0.2, 0.25) is 0 Å². The number of carbonyl (C=O) groups is 3. The summed E-state index contributed by atoms with van der Waals surface area (Å²) in [6.45, 7) is 1.83. The first-order valence-corrected chi connectivity index (χ1v) is 5.45. The lowest BCUT2D eigenvalue weighted by molar-refractivity contribution is -0.125. The second-order valence-electron chi connectivity index (χ2n) is 2.87. The quantitative estimate of drug-likeness (QED) is 0.310. The van der Waals surface area contributed by atoms with Gasteiger partial charge in [-0.2, -0.15) is 0 Å². The molecular weight excluding hydrogens is 226 g/mol. The van der Waals surface area contributed by atoms with Crippen molar-refractivity contribution in [2.24, 2.45) is 0 Å². The van der Waals surface area contributed by atoms with Gasteiger partial charge < -0.3 is 4.79 Å². The minimum absolute atomic E-state index is 0.0112. The first-order valence-electron chi connectivity index (χ1n) is 4.18. The Morgan fingerprint density at radius 3 is 2.86 bits per heavy atom. The third-order valence-corrected chi connectivity index (χ3v) is 3.41. The van der Waals surface area contributed by atoms with Crippen LogP contribution in [0.3, 0.4) is 0 Å². The molecule has 0 aromatic heterocycles. The molecular formula is C8H10ClNO3S. The molecule has 1 fully saturated rings. The number of hydrogen-bond donors (Lipinski definition) is 0. The van der Waals surface area contributed by atoms with E-state index in [4.69, 9.17) is 11.6 Å². The predicted octanol–water partition coefficient (Wildman–Crippen LogP) is 0.631. The van der Waals surface area contributed by atoms with Crippen molar-refractivity contribution in [1.82, 2.24) is 4.31 Å². The van der Waals surface area contributed by atoms with Crippen LogP contribution in [0.4, 0.5) is 0 Å². The summed E-state index contributed by atoms with van der Waals surface area (Å²) in [5, 5.41) is 0. The molecule has 0 N–H and O–H groups in total. The highest BCUT2D eigenvalue weighted by atomic mass is 35.5. The van der Waals surface area contributed by atoms with Crippen molar-refractivity contribution in [2.75, 3.05) is 6.54 Å². The number of aldehydes is 1. The molecule has 1 aliphatic heterocycles. The average Bonchev–Trinajstić information content (AvgIpc) is 2.42. The zero-order valence-electron chi connectivity index (χ0n) is 7.60. The normalized spacial score (nSPS) is 28.0. The van der Waals surface area contributed by atoms with E-state index in [2.05, 4.69) is 0 Å². The Balaban J connectivity index is 2.65. The van der Waals surface area contributed by atoms with E-state index in [1.165, 1.54) is 4.31 Å². The van der Waals surface area contributed by atoms with Crippen molar-refractivity contribution in [1.29, 1.82) is 0 Å². The number of Topliss-reactive ketones (excluding diaryl/α,β-unsaturated/α-hetero) is 2. The molecule has 6 heteroatoms. The lowest BCUT2D eigenvalue weighted by atomic mass is 10.2. The molecule has 1 aliphatic rings. The summed E-state index contributed by atoms with van der Waals surface area (Å²) in [4.78, 5) is 33.0. The second kappa shape index (κ2) is 4.91. The fourth-order valence-electron chi connectivity index (χ4n) is 1.07. The molecule has 0 spiro atoms. The van der Waals surface area contributed by atoms with Crippen molar-refractivity contribution in [3.63, 3.8) is 0 Å². The van der Waals surface area contributed by atoms with E-state index in [0.717, 1.165) is 11.9 Å². The fourth-order valence-corrected chi connectivity index (χ4v) is 2.49. The van der Waals surface area contributed by atoms with E-state index in [-0.39, 0.29) is 18.1 Å². The molecule has 0 aliphatic carbocycles. The van der Waals surface area contributed by atoms with Gasteiger partial charge in [0.1, 0.15) is 18.1 Å². The van der Waals surface area contributed by atoms with E-state index in [0.29, 0.717) is 12.7 Å². The second-order valence-corrected chi connectivity index (χ2v) is 4.72. The summed E-state index contributed by atoms with van der Waals surface area (Å²) in [5.41, 5.74) is 0. The Kier molecular flexibility index (Phi) is 4.10. The van der Waals surface area contributed by atoms with Gasteiger partial charge >= 0.3 is 0 Å². The molecule has 0 bridgehead atoms. The number of hydrogen-bond acceptors (Lipinski definition) is 5. The van der Waals surface area contributed by atoms with Crippen LogP contribution in [0, 0.1) is 0 Å². The highest BCUT2D eigenvalue weighted by molar-refractivity contribution is 8.00. The summed E-state index contributed by atoms with van der Waals surface area (Å²) in [6, 6.07) is -0.863. The van der Waals surface area contributed by atoms with E-state index >= 15 is 0 Å². The first-order chi connectivity index (χ1) is 6.60. The lowest BCUT2D eigenvalue weighted by Gasteiger charge is -2.14. The molecule has 4 nitrogen and oxygen atoms in total. The van der Waals surface area contributed by atoms with Gasteiger partial charge in [0.25, 0.3) is 0 Å². The Hall–Kier alpha value is -0.390. The molecule has 1 saturated heterocycles. The average molecular weight is 236 g/mol. The highest BCUT2D eigenvalue weighted by Gasteiger charge is 2.40. The van der Waals surface area contributed by atoms with Gasteiger partial charge in [-0.05, 0) is 11.9 Å². The maximum Gasteiger partial charge on any atom is 0.187 e. The molecule has 0 saturated carbocycles. The third-order valence-electron chi connectivity index (χ3n) is 1.91. The summed E-state index contributed by atoms with van der Waals surface area (Å²) >= 11 is 6.71. The predicted molar refractivity (Wildman–Crippen MR) is 54.1 cm³/mol. The van der Waals surface area contributed by atoms with Crippen LogP contribution in [0.25, 0.3) is 0 Å². The van der Waals surface area contributed by atoms with Gasteiger partial charge in [-0.1, -0.05) is 6.92 Å². The summed E-state index contributed by atoms with van der Waals surface area (Å²) < 4.78 is 0.702. The Morgan fingerprint density at radius 2 is 2.36 bits per heavy atom. The summed E-state index contributed by atoms with van der Waals surface area (Å²) in [5.74, 6) is -0.349. The van der Waals surface area contributed by atoms with Crippen LogP contribution in [0.1, 0.15) is 13.3 Å². The number of carbonyl (C=O) groups excluding carboxylic acids is 3. The van der Waals surface area contributed by atoms with Gasteiger partial charge in [0, 0.05) is 6.42 Å². The zero-order chi connectivity index (χ0) is 10.7. The summed E-state index contributed by atoms with van der Waals surface area (Å²) in [6.07, 6.45) is 0.921. The van der Waals surface area contributed by atoms with Gasteiger partial charge in [0.15, 0.2) is 10.5 Å². The van der Waals surface area contributed by atoms with Crippen LogP contribution in [-0.2, 0) is 14.4 Å². The third kappa shape index (κ3) is 2.34. The van der Waals surface area contributed by atoms with Gasteiger partial charge in [0.2, 0.25) is 0 Å². The molecule has 0 aromatic carbocycles. The Labute approximate surface area is 91.1 Å². The molecule has 14 heavy (non-hydrogen) atoms. The number of alkyl halides is 1. The Morgan fingerprint density at radius 1 is 1.71 bits per heavy atom. The SMILES string of the molecule is CCC(=O)CN1SC(Cl)C(=O)C1C=O. The number of halogens is 1. The van der Waals surface area contributed by atoms with Gasteiger partial charge in [-0.15, -0.1) is 11.6 Å². The van der Waals surface area contributed by atoms with E-state index in [1.54, 1.807) is 6.92 Å². The minimum Gasteiger partial charge on any atom is -0.301 e. The minimum atomic E-state index is -0.863. The molecule has 0 aromatic rings. The Bertz CT molecular complexity index is 271. The van der Waals surface area contributed by atoms with E-state index in [1.807, 2.05) is 0 Å². The molecule has 78 valence electrons. The summed E-state index contributed by atoms with van der Waals surface area (Å²) in [7, 11) is 0. The van der Waals surface area contributed by atoms with Gasteiger partial charge in [-0.3, -0.25) is 9.59 Å². The van der Waals surface area contributed by atoms with Crippen LogP contribution in [-0.4, -0.2) is 39.5 Å². The van der Waals surface area contributed by atoms with Crippen molar-refractivity contribution in [2.45, 2.75) is 24.1 Å². The monoisotopic (exact) mass is 235 g/mol. The van der Waals surface area contributed by atoms with Gasteiger partial charge in [0.05, 0.1) is 6.54 Å². The molecule has 0 amide bonds. The van der Waals surface area contributed by atoms with E-state index < -0.39 is 10.8 Å². The highest BCUT2D eigenvalue weighted by Crippen LogP contribution is 2.32. The first kappa shape index (κ1) is 11.7. The van der Waals surface area contributed by atoms with Crippen LogP contribution >= 0.6 is 23.5 Å². The fraction of sp³-hybridized carbons (Fsp3) is 0.625. The zero-order valence-corrected chi connectivity index (χ0v) is 9.18. The molecule has 1 rings (SSSR count). The largest absolute Gasteiger partial charge is 0.301 e. The molecule has 2 unspecified atom stereocenters. The van der Waals surface area contributed by atoms with Crippen LogP contribution in [0.15, 0.2) is 0 Å². The van der Waals surface area contributed by atoms with Crippen LogP contribution in [0.5, 0.6) is 0 Å². The molecule has 0 radical (unpaired) electrons. The number of nitrogens with zero attached hydrogens (tertiary/aromatic N) is 1. The van der Waals surface area contributed by atoms with Gasteiger partial charge in [-0.25, -0.2) is 4.31 Å². The van der Waals surface area contributed by atoms with E-state index in [9.17, 15) is 14.4 Å². The smallest absolute Gasteiger partial charge is 0.187 e. The molecule has 2 atom stereocenters. The number of ketones is 2. The number of rotatable bonds is 4. The van der Waals surface area contributed by atoms with Crippen molar-refractivity contribution in [3.8, 4) is 0 Å². The van der Waals surface area contributed by atoms with Crippen molar-refractivity contribution < 1.29 is 14.4 Å². The topological polar surface area (TPSA) is 54.5 Å². The van der Waals surface area contributed by atoms with Crippen molar-refractivity contribution in [3.05, 3.63) is 0 Å². The standard InChI is InChI=1S/C8H10ClNO3S/c1-2-5(12)3-10-6(4-11)7(13)8(9)14-10/h4,6,8H,2-3H2,1H3. The maximum absolute atomic E-state index is 11.3. The van der Waals surface area contributed by atoms with Crippen molar-refractivity contribution >= 4 is 41.4 Å². The maximum atomic E-state index is 11.3. The van der Waals surface area contributed by atoms with Crippen LogP contribution < -0.4 is 0 Å². The lowest BCUT2D eigenvalue weighted by Crippen LogP contribution is -2.35.